The van der Waals surface area contributed by atoms with Gasteiger partial charge in [-0.15, -0.1) is 11.3 Å². The van der Waals surface area contributed by atoms with Crippen LogP contribution in [0.5, 0.6) is 0 Å². The molecule has 0 bridgehead atoms. The molecule has 3 nitrogen and oxygen atoms in total. The lowest BCUT2D eigenvalue weighted by Gasteiger charge is -2.24. The maximum atomic E-state index is 13.9. The van der Waals surface area contributed by atoms with Crippen molar-refractivity contribution < 1.29 is 18.7 Å². The van der Waals surface area contributed by atoms with Crippen molar-refractivity contribution in [2.24, 2.45) is 0 Å². The lowest BCUT2D eigenvalue weighted by molar-refractivity contribution is 0.0718. The number of carbonyl (C=O) groups is 1. The number of amides is 1. The smallest absolute Gasteiger partial charge is 0.264 e. The van der Waals surface area contributed by atoms with Crippen molar-refractivity contribution in [3.63, 3.8) is 0 Å². The van der Waals surface area contributed by atoms with E-state index < -0.39 is 23.8 Å². The van der Waals surface area contributed by atoms with Gasteiger partial charge in [0.25, 0.3) is 5.91 Å². The standard InChI is InChI=1S/C15H13F2NO2S/c16-9-3-4-12(17)11(6-9)13-7-10(19)8-18(13)15(20)14-2-1-5-21-14/h1-6,10,13,19H,7-8H2. The Morgan fingerprint density at radius 3 is 2.86 bits per heavy atom. The predicted octanol–water partition coefficient (Wildman–Crippen LogP) is 2.97. The van der Waals surface area contributed by atoms with Crippen LogP contribution >= 0.6 is 11.3 Å². The number of benzene rings is 1. The Hall–Kier alpha value is -1.79. The minimum Gasteiger partial charge on any atom is -0.391 e. The van der Waals surface area contributed by atoms with Gasteiger partial charge < -0.3 is 10.0 Å². The first-order chi connectivity index (χ1) is 10.1. The van der Waals surface area contributed by atoms with Gasteiger partial charge in [-0.2, -0.15) is 0 Å². The normalized spacial score (nSPS) is 21.8. The molecular formula is C15H13F2NO2S. The van der Waals surface area contributed by atoms with E-state index in [9.17, 15) is 18.7 Å². The van der Waals surface area contributed by atoms with E-state index >= 15 is 0 Å². The van der Waals surface area contributed by atoms with Gasteiger partial charge in [-0.3, -0.25) is 4.79 Å². The molecule has 0 aliphatic carbocycles. The molecule has 0 radical (unpaired) electrons. The van der Waals surface area contributed by atoms with Crippen molar-refractivity contribution in [2.45, 2.75) is 18.6 Å². The van der Waals surface area contributed by atoms with E-state index in [-0.39, 0.29) is 24.4 Å². The number of nitrogens with zero attached hydrogens (tertiary/aromatic N) is 1. The first-order valence-corrected chi connectivity index (χ1v) is 7.41. The Morgan fingerprint density at radius 2 is 2.14 bits per heavy atom. The number of carbonyl (C=O) groups excluding carboxylic acids is 1. The Morgan fingerprint density at radius 1 is 1.33 bits per heavy atom. The van der Waals surface area contributed by atoms with Crippen LogP contribution in [0.3, 0.4) is 0 Å². The molecule has 110 valence electrons. The predicted molar refractivity (Wildman–Crippen MR) is 75.1 cm³/mol. The molecule has 1 saturated heterocycles. The quantitative estimate of drug-likeness (QED) is 0.926. The first kappa shape index (κ1) is 14.2. The van der Waals surface area contributed by atoms with Gasteiger partial charge in [0.05, 0.1) is 17.0 Å². The van der Waals surface area contributed by atoms with Gasteiger partial charge in [0.15, 0.2) is 0 Å². The highest BCUT2D eigenvalue weighted by molar-refractivity contribution is 7.12. The molecule has 1 fully saturated rings. The molecule has 0 spiro atoms. The molecule has 1 aliphatic rings. The number of hydrogen-bond donors (Lipinski definition) is 1. The molecule has 1 aliphatic heterocycles. The molecule has 1 amide bonds. The summed E-state index contributed by atoms with van der Waals surface area (Å²) >= 11 is 1.28. The van der Waals surface area contributed by atoms with Gasteiger partial charge in [0, 0.05) is 12.1 Å². The monoisotopic (exact) mass is 309 g/mol. The molecule has 2 unspecified atom stereocenters. The SMILES string of the molecule is O=C(c1cccs1)N1CC(O)CC1c1cc(F)ccc1F. The summed E-state index contributed by atoms with van der Waals surface area (Å²) in [6.07, 6.45) is -0.529. The van der Waals surface area contributed by atoms with E-state index in [4.69, 9.17) is 0 Å². The second kappa shape index (κ2) is 5.54. The third-order valence-corrected chi connectivity index (χ3v) is 4.45. The second-order valence-electron chi connectivity index (χ2n) is 5.01. The summed E-state index contributed by atoms with van der Waals surface area (Å²) in [6.45, 7) is 0.122. The summed E-state index contributed by atoms with van der Waals surface area (Å²) in [5, 5.41) is 11.6. The Kier molecular flexibility index (Phi) is 3.73. The van der Waals surface area contributed by atoms with E-state index in [1.165, 1.54) is 16.2 Å². The molecule has 21 heavy (non-hydrogen) atoms. The van der Waals surface area contributed by atoms with Gasteiger partial charge in [0.2, 0.25) is 0 Å². The lowest BCUT2D eigenvalue weighted by Crippen LogP contribution is -2.31. The van der Waals surface area contributed by atoms with Crippen LogP contribution in [0.2, 0.25) is 0 Å². The number of aliphatic hydroxyl groups is 1. The summed E-state index contributed by atoms with van der Waals surface area (Å²) in [5.74, 6) is -1.40. The summed E-state index contributed by atoms with van der Waals surface area (Å²) in [5.41, 5.74) is 0.108. The van der Waals surface area contributed by atoms with Crippen LogP contribution in [0.25, 0.3) is 0 Å². The maximum absolute atomic E-state index is 13.9. The van der Waals surface area contributed by atoms with Gasteiger partial charge in [-0.1, -0.05) is 6.07 Å². The highest BCUT2D eigenvalue weighted by atomic mass is 32.1. The van der Waals surface area contributed by atoms with Crippen LogP contribution in [0.15, 0.2) is 35.7 Å². The van der Waals surface area contributed by atoms with Crippen LogP contribution in [0.1, 0.15) is 27.7 Å². The van der Waals surface area contributed by atoms with E-state index in [1.807, 2.05) is 0 Å². The fourth-order valence-electron chi connectivity index (χ4n) is 2.64. The number of halogens is 2. The summed E-state index contributed by atoms with van der Waals surface area (Å²) in [4.78, 5) is 14.4. The Labute approximate surface area is 124 Å². The van der Waals surface area contributed by atoms with Crippen LogP contribution in [0, 0.1) is 11.6 Å². The number of β-amino-alcohol motifs (C(OH)–C–C–N with tert-alkyl or cyclic N) is 1. The molecule has 2 atom stereocenters. The molecule has 2 aromatic rings. The highest BCUT2D eigenvalue weighted by Gasteiger charge is 2.37. The van der Waals surface area contributed by atoms with E-state index in [2.05, 4.69) is 0 Å². The zero-order valence-electron chi connectivity index (χ0n) is 11.0. The van der Waals surface area contributed by atoms with E-state index in [0.717, 1.165) is 18.2 Å². The van der Waals surface area contributed by atoms with Crippen molar-refractivity contribution in [1.82, 2.24) is 4.90 Å². The minimum atomic E-state index is -0.735. The Balaban J connectivity index is 1.96. The first-order valence-electron chi connectivity index (χ1n) is 6.53. The second-order valence-corrected chi connectivity index (χ2v) is 5.95. The van der Waals surface area contributed by atoms with Crippen LogP contribution in [-0.2, 0) is 0 Å². The van der Waals surface area contributed by atoms with Crippen molar-refractivity contribution in [3.05, 3.63) is 57.8 Å². The molecule has 0 saturated carbocycles. The van der Waals surface area contributed by atoms with Crippen molar-refractivity contribution in [3.8, 4) is 0 Å². The summed E-state index contributed by atoms with van der Waals surface area (Å²) in [6, 6.07) is 5.95. The van der Waals surface area contributed by atoms with Crippen molar-refractivity contribution >= 4 is 17.2 Å². The van der Waals surface area contributed by atoms with Gasteiger partial charge in [0.1, 0.15) is 11.6 Å². The average molecular weight is 309 g/mol. The highest BCUT2D eigenvalue weighted by Crippen LogP contribution is 2.35. The third kappa shape index (κ3) is 2.69. The van der Waals surface area contributed by atoms with Crippen molar-refractivity contribution in [1.29, 1.82) is 0 Å². The number of aliphatic hydroxyl groups excluding tert-OH is 1. The summed E-state index contributed by atoms with van der Waals surface area (Å²) < 4.78 is 27.3. The number of likely N-dealkylation sites (tertiary alicyclic amines) is 1. The lowest BCUT2D eigenvalue weighted by atomic mass is 10.0. The zero-order chi connectivity index (χ0) is 15.0. The van der Waals surface area contributed by atoms with Gasteiger partial charge >= 0.3 is 0 Å². The fourth-order valence-corrected chi connectivity index (χ4v) is 3.32. The molecule has 2 heterocycles. The molecule has 1 aromatic heterocycles. The van der Waals surface area contributed by atoms with Crippen LogP contribution < -0.4 is 0 Å². The zero-order valence-corrected chi connectivity index (χ0v) is 11.8. The fraction of sp³-hybridized carbons (Fsp3) is 0.267. The number of hydrogen-bond acceptors (Lipinski definition) is 3. The minimum absolute atomic E-state index is 0.108. The van der Waals surface area contributed by atoms with Crippen LogP contribution in [0.4, 0.5) is 8.78 Å². The molecule has 6 heteroatoms. The largest absolute Gasteiger partial charge is 0.391 e. The molecule has 1 N–H and O–H groups in total. The molecular weight excluding hydrogens is 296 g/mol. The third-order valence-electron chi connectivity index (χ3n) is 3.59. The van der Waals surface area contributed by atoms with Gasteiger partial charge in [-0.05, 0) is 36.1 Å². The number of thiophene rings is 1. The van der Waals surface area contributed by atoms with Crippen molar-refractivity contribution in [2.75, 3.05) is 6.54 Å². The molecule has 1 aromatic carbocycles. The number of rotatable bonds is 2. The molecule has 3 rings (SSSR count). The topological polar surface area (TPSA) is 40.5 Å². The van der Waals surface area contributed by atoms with E-state index in [0.29, 0.717) is 4.88 Å². The van der Waals surface area contributed by atoms with Gasteiger partial charge in [-0.25, -0.2) is 8.78 Å². The average Bonchev–Trinajstić information content (AvgIpc) is 3.10. The summed E-state index contributed by atoms with van der Waals surface area (Å²) in [7, 11) is 0. The Bertz CT molecular complexity index is 660. The van der Waals surface area contributed by atoms with E-state index in [1.54, 1.807) is 17.5 Å². The maximum Gasteiger partial charge on any atom is 0.264 e. The van der Waals surface area contributed by atoms with Crippen LogP contribution in [-0.4, -0.2) is 28.6 Å².